The van der Waals surface area contributed by atoms with Crippen LogP contribution in [0.2, 0.25) is 0 Å². The monoisotopic (exact) mass is 166 g/mol. The lowest BCUT2D eigenvalue weighted by atomic mass is 9.74. The summed E-state index contributed by atoms with van der Waals surface area (Å²) in [6.07, 6.45) is 7.86. The minimum Gasteiger partial charge on any atom is -0.395 e. The third-order valence-corrected chi connectivity index (χ3v) is 2.54. The summed E-state index contributed by atoms with van der Waals surface area (Å²) < 4.78 is 0. The van der Waals surface area contributed by atoms with E-state index in [-0.39, 0.29) is 6.61 Å². The van der Waals surface area contributed by atoms with Gasteiger partial charge < -0.3 is 10.2 Å². The number of aliphatic hydroxyl groups is 2. The molecule has 0 saturated heterocycles. The molecule has 1 rings (SSSR count). The molecule has 2 nitrogen and oxygen atoms in total. The van der Waals surface area contributed by atoms with Gasteiger partial charge in [-0.25, -0.2) is 0 Å². The molecular weight excluding hydrogens is 152 g/mol. The zero-order valence-corrected chi connectivity index (χ0v) is 7.25. The fraction of sp³-hybridized carbons (Fsp3) is 0.600. The molecule has 0 aromatic carbocycles. The first kappa shape index (κ1) is 9.31. The SMILES string of the molecule is C#C[C@@]1(CO)CCC(C)=C[C@@H]1O. The van der Waals surface area contributed by atoms with Crippen molar-refractivity contribution >= 4 is 0 Å². The van der Waals surface area contributed by atoms with Crippen molar-refractivity contribution in [2.24, 2.45) is 5.41 Å². The molecule has 1 aliphatic rings. The molecule has 2 atom stereocenters. The summed E-state index contributed by atoms with van der Waals surface area (Å²) in [5, 5.41) is 18.7. The van der Waals surface area contributed by atoms with E-state index in [0.717, 1.165) is 12.0 Å². The van der Waals surface area contributed by atoms with Gasteiger partial charge in [-0.2, -0.15) is 0 Å². The molecule has 0 unspecified atom stereocenters. The summed E-state index contributed by atoms with van der Waals surface area (Å²) in [4.78, 5) is 0. The highest BCUT2D eigenvalue weighted by atomic mass is 16.3. The fourth-order valence-corrected chi connectivity index (χ4v) is 1.46. The Labute approximate surface area is 72.9 Å². The molecule has 1 aliphatic carbocycles. The maximum atomic E-state index is 9.61. The molecule has 0 heterocycles. The predicted molar refractivity (Wildman–Crippen MR) is 47.3 cm³/mol. The van der Waals surface area contributed by atoms with Gasteiger partial charge in [-0.05, 0) is 19.8 Å². The quantitative estimate of drug-likeness (QED) is 0.444. The van der Waals surface area contributed by atoms with E-state index in [1.54, 1.807) is 6.08 Å². The first-order valence-electron chi connectivity index (χ1n) is 4.08. The summed E-state index contributed by atoms with van der Waals surface area (Å²) in [5.41, 5.74) is 0.404. The van der Waals surface area contributed by atoms with E-state index < -0.39 is 11.5 Å². The van der Waals surface area contributed by atoms with Gasteiger partial charge in [-0.3, -0.25) is 0 Å². The lowest BCUT2D eigenvalue weighted by Gasteiger charge is -2.33. The standard InChI is InChI=1S/C10H14O2/c1-3-10(7-11)5-4-8(2)6-9(10)12/h1,6,9,11-12H,4-5,7H2,2H3/t9-,10-/m0/s1. The Balaban J connectivity index is 2.89. The molecule has 66 valence electrons. The molecule has 0 radical (unpaired) electrons. The van der Waals surface area contributed by atoms with E-state index in [2.05, 4.69) is 5.92 Å². The van der Waals surface area contributed by atoms with Crippen LogP contribution in [-0.4, -0.2) is 22.9 Å². The van der Waals surface area contributed by atoms with Crippen molar-refractivity contribution in [3.63, 3.8) is 0 Å². The van der Waals surface area contributed by atoms with Gasteiger partial charge in [0.05, 0.1) is 18.1 Å². The molecule has 0 aliphatic heterocycles. The zero-order chi connectivity index (χ0) is 9.19. The van der Waals surface area contributed by atoms with Crippen molar-refractivity contribution < 1.29 is 10.2 Å². The van der Waals surface area contributed by atoms with E-state index in [9.17, 15) is 5.11 Å². The van der Waals surface area contributed by atoms with Crippen LogP contribution in [0.15, 0.2) is 11.6 Å². The molecule has 2 heteroatoms. The summed E-state index contributed by atoms with van der Waals surface area (Å²) in [7, 11) is 0. The van der Waals surface area contributed by atoms with Crippen LogP contribution in [0, 0.1) is 17.8 Å². The summed E-state index contributed by atoms with van der Waals surface area (Å²) in [6, 6.07) is 0. The van der Waals surface area contributed by atoms with Gasteiger partial charge >= 0.3 is 0 Å². The number of allylic oxidation sites excluding steroid dienone is 1. The molecule has 0 saturated carbocycles. The van der Waals surface area contributed by atoms with Crippen molar-refractivity contribution in [1.29, 1.82) is 0 Å². The van der Waals surface area contributed by atoms with Crippen LogP contribution in [0.5, 0.6) is 0 Å². The summed E-state index contributed by atoms with van der Waals surface area (Å²) >= 11 is 0. The average Bonchev–Trinajstić information content (AvgIpc) is 2.06. The molecule has 2 N–H and O–H groups in total. The van der Waals surface area contributed by atoms with E-state index in [1.165, 1.54) is 0 Å². The highest BCUT2D eigenvalue weighted by molar-refractivity contribution is 5.21. The second-order valence-corrected chi connectivity index (χ2v) is 3.42. The van der Waals surface area contributed by atoms with E-state index in [4.69, 9.17) is 11.5 Å². The first-order chi connectivity index (χ1) is 5.64. The predicted octanol–water partition coefficient (Wildman–Crippen LogP) is 0.699. The number of hydrogen-bond acceptors (Lipinski definition) is 2. The molecule has 0 bridgehead atoms. The van der Waals surface area contributed by atoms with Gasteiger partial charge in [0.2, 0.25) is 0 Å². The Morgan fingerprint density at radius 2 is 2.50 bits per heavy atom. The second-order valence-electron chi connectivity index (χ2n) is 3.42. The van der Waals surface area contributed by atoms with E-state index in [1.807, 2.05) is 6.92 Å². The van der Waals surface area contributed by atoms with Gasteiger partial charge in [-0.1, -0.05) is 17.6 Å². The van der Waals surface area contributed by atoms with Crippen LogP contribution in [0.25, 0.3) is 0 Å². The van der Waals surface area contributed by atoms with E-state index in [0.29, 0.717) is 6.42 Å². The average molecular weight is 166 g/mol. The molecule has 0 fully saturated rings. The van der Waals surface area contributed by atoms with Crippen LogP contribution in [0.1, 0.15) is 19.8 Å². The molecule has 0 spiro atoms. The van der Waals surface area contributed by atoms with Gasteiger partial charge in [0.25, 0.3) is 0 Å². The number of rotatable bonds is 1. The van der Waals surface area contributed by atoms with Crippen LogP contribution < -0.4 is 0 Å². The fourth-order valence-electron chi connectivity index (χ4n) is 1.46. The molecule has 0 aromatic rings. The zero-order valence-electron chi connectivity index (χ0n) is 7.25. The number of terminal acetylenes is 1. The van der Waals surface area contributed by atoms with Gasteiger partial charge in [0, 0.05) is 0 Å². The van der Waals surface area contributed by atoms with Gasteiger partial charge in [0.15, 0.2) is 0 Å². The van der Waals surface area contributed by atoms with E-state index >= 15 is 0 Å². The van der Waals surface area contributed by atoms with Crippen molar-refractivity contribution in [1.82, 2.24) is 0 Å². The van der Waals surface area contributed by atoms with Gasteiger partial charge in [0.1, 0.15) is 0 Å². The highest BCUT2D eigenvalue weighted by Gasteiger charge is 2.36. The number of aliphatic hydroxyl groups excluding tert-OH is 2. The first-order valence-corrected chi connectivity index (χ1v) is 4.08. The van der Waals surface area contributed by atoms with Crippen molar-refractivity contribution in [2.75, 3.05) is 6.61 Å². The van der Waals surface area contributed by atoms with Crippen LogP contribution in [0.4, 0.5) is 0 Å². The topological polar surface area (TPSA) is 40.5 Å². The lowest BCUT2D eigenvalue weighted by Crippen LogP contribution is -2.38. The normalized spacial score (nSPS) is 35.5. The van der Waals surface area contributed by atoms with Crippen molar-refractivity contribution in [3.05, 3.63) is 11.6 Å². The highest BCUT2D eigenvalue weighted by Crippen LogP contribution is 2.34. The van der Waals surface area contributed by atoms with Crippen molar-refractivity contribution in [3.8, 4) is 12.3 Å². The smallest absolute Gasteiger partial charge is 0.0911 e. The Bertz CT molecular complexity index is 237. The Kier molecular flexibility index (Phi) is 2.56. The molecule has 0 amide bonds. The third kappa shape index (κ3) is 1.38. The van der Waals surface area contributed by atoms with Crippen LogP contribution in [0.3, 0.4) is 0 Å². The van der Waals surface area contributed by atoms with Gasteiger partial charge in [-0.15, -0.1) is 6.42 Å². The second kappa shape index (κ2) is 3.30. The largest absolute Gasteiger partial charge is 0.395 e. The Hall–Kier alpha value is -0.780. The molecule has 12 heavy (non-hydrogen) atoms. The minimum atomic E-state index is -0.737. The van der Waals surface area contributed by atoms with Crippen LogP contribution in [-0.2, 0) is 0 Å². The Morgan fingerprint density at radius 1 is 1.83 bits per heavy atom. The van der Waals surface area contributed by atoms with Crippen molar-refractivity contribution in [2.45, 2.75) is 25.9 Å². The number of hydrogen-bond donors (Lipinski definition) is 2. The minimum absolute atomic E-state index is 0.144. The molecule has 0 aromatic heterocycles. The summed E-state index contributed by atoms with van der Waals surface area (Å²) in [6.45, 7) is 1.81. The lowest BCUT2D eigenvalue weighted by molar-refractivity contribution is 0.0408. The maximum absolute atomic E-state index is 9.61. The molecular formula is C10H14O2. The maximum Gasteiger partial charge on any atom is 0.0911 e. The Morgan fingerprint density at radius 3 is 2.92 bits per heavy atom. The third-order valence-electron chi connectivity index (χ3n) is 2.54. The summed E-state index contributed by atoms with van der Waals surface area (Å²) in [5.74, 6) is 2.49. The van der Waals surface area contributed by atoms with Crippen LogP contribution >= 0.6 is 0 Å².